The third kappa shape index (κ3) is 6.51. The van der Waals surface area contributed by atoms with Gasteiger partial charge in [-0.25, -0.2) is 0 Å². The Morgan fingerprint density at radius 1 is 0.727 bits per heavy atom. The van der Waals surface area contributed by atoms with Gasteiger partial charge in [0.05, 0.1) is 45.0 Å². The van der Waals surface area contributed by atoms with Gasteiger partial charge in [-0.3, -0.25) is 4.79 Å². The van der Waals surface area contributed by atoms with E-state index >= 15 is 0 Å². The lowest BCUT2D eigenvalue weighted by Crippen LogP contribution is -2.59. The monoisotopic (exact) mass is 445 g/mol. The van der Waals surface area contributed by atoms with Crippen LogP contribution in [0.5, 0.6) is 0 Å². The Labute approximate surface area is 195 Å². The smallest absolute Gasteiger partial charge is 0.225 e. The lowest BCUT2D eigenvalue weighted by atomic mass is 9.95. The summed E-state index contributed by atoms with van der Waals surface area (Å²) in [6.07, 6.45) is -0.354. The Bertz CT molecular complexity index is 981. The summed E-state index contributed by atoms with van der Waals surface area (Å²) >= 11 is 0. The van der Waals surface area contributed by atoms with Gasteiger partial charge < -0.3 is 19.1 Å². The van der Waals surface area contributed by atoms with Gasteiger partial charge in [-0.2, -0.15) is 0 Å². The van der Waals surface area contributed by atoms with Gasteiger partial charge in [-0.05, 0) is 16.7 Å². The van der Waals surface area contributed by atoms with E-state index in [0.717, 1.165) is 16.7 Å². The molecule has 4 rings (SSSR count). The lowest BCUT2D eigenvalue weighted by Gasteiger charge is -2.43. The molecule has 1 heterocycles. The highest BCUT2D eigenvalue weighted by molar-refractivity contribution is 5.78. The first-order valence-corrected chi connectivity index (χ1v) is 11.4. The number of nitrogens with zero attached hydrogens (tertiary/aromatic N) is 1. The third-order valence-electron chi connectivity index (χ3n) is 6.00. The molecule has 172 valence electrons. The molecule has 0 aromatic heterocycles. The Balaban J connectivity index is 1.47. The Morgan fingerprint density at radius 2 is 1.21 bits per heavy atom. The van der Waals surface area contributed by atoms with Crippen molar-refractivity contribution in [3.05, 3.63) is 108 Å². The summed E-state index contributed by atoms with van der Waals surface area (Å²) in [6, 6.07) is 29.9. The second-order valence-electron chi connectivity index (χ2n) is 8.37. The molecule has 1 aliphatic heterocycles. The van der Waals surface area contributed by atoms with Crippen molar-refractivity contribution in [3.63, 3.8) is 0 Å². The van der Waals surface area contributed by atoms with E-state index in [1.54, 1.807) is 4.90 Å². The fourth-order valence-electron chi connectivity index (χ4n) is 4.08. The number of hydrogen-bond acceptors (Lipinski definition) is 4. The van der Waals surface area contributed by atoms with Gasteiger partial charge in [0.15, 0.2) is 0 Å². The van der Waals surface area contributed by atoms with Crippen molar-refractivity contribution < 1.29 is 19.0 Å². The molecule has 1 fully saturated rings. The number of likely N-dealkylation sites (tertiary alicyclic amines) is 1. The van der Waals surface area contributed by atoms with Crippen LogP contribution in [-0.4, -0.2) is 42.7 Å². The number of rotatable bonds is 10. The predicted molar refractivity (Wildman–Crippen MR) is 127 cm³/mol. The third-order valence-corrected chi connectivity index (χ3v) is 6.00. The van der Waals surface area contributed by atoms with Crippen LogP contribution in [0.25, 0.3) is 0 Å². The highest BCUT2D eigenvalue weighted by Crippen LogP contribution is 2.26. The zero-order chi connectivity index (χ0) is 22.9. The first-order chi connectivity index (χ1) is 16.2. The van der Waals surface area contributed by atoms with Gasteiger partial charge >= 0.3 is 0 Å². The number of hydrogen-bond donors (Lipinski definition) is 0. The molecule has 33 heavy (non-hydrogen) atoms. The number of carbonyl (C=O) groups excluding carboxylic acids is 1. The fourth-order valence-corrected chi connectivity index (χ4v) is 4.08. The van der Waals surface area contributed by atoms with Crippen LogP contribution in [0.3, 0.4) is 0 Å². The van der Waals surface area contributed by atoms with Crippen molar-refractivity contribution in [2.24, 2.45) is 0 Å². The molecule has 0 aliphatic carbocycles. The SMILES string of the molecule is CN1C(=O)C[C@@H](OCc2ccccc2)[C@@H](OCc2ccccc2)[C@H]1COCc1ccccc1. The highest BCUT2D eigenvalue weighted by Gasteiger charge is 2.42. The largest absolute Gasteiger partial charge is 0.375 e. The van der Waals surface area contributed by atoms with E-state index in [4.69, 9.17) is 14.2 Å². The van der Waals surface area contributed by atoms with E-state index in [0.29, 0.717) is 26.4 Å². The fraction of sp³-hybridized carbons (Fsp3) is 0.321. The van der Waals surface area contributed by atoms with Crippen LogP contribution in [0.15, 0.2) is 91.0 Å². The number of piperidine rings is 1. The second kappa shape index (κ2) is 11.8. The maximum Gasteiger partial charge on any atom is 0.225 e. The first-order valence-electron chi connectivity index (χ1n) is 11.4. The van der Waals surface area contributed by atoms with Crippen LogP contribution in [-0.2, 0) is 38.8 Å². The summed E-state index contributed by atoms with van der Waals surface area (Å²) in [5.41, 5.74) is 3.26. The van der Waals surface area contributed by atoms with E-state index < -0.39 is 0 Å². The van der Waals surface area contributed by atoms with Crippen molar-refractivity contribution in [2.45, 2.75) is 44.5 Å². The number of likely N-dealkylation sites (N-methyl/N-ethyl adjacent to an activating group) is 1. The first kappa shape index (κ1) is 23.2. The zero-order valence-electron chi connectivity index (χ0n) is 19.0. The van der Waals surface area contributed by atoms with Crippen molar-refractivity contribution in [3.8, 4) is 0 Å². The average Bonchev–Trinajstić information content (AvgIpc) is 2.86. The van der Waals surface area contributed by atoms with Gasteiger partial charge in [-0.1, -0.05) is 91.0 Å². The molecule has 0 unspecified atom stereocenters. The lowest BCUT2D eigenvalue weighted by molar-refractivity contribution is -0.174. The van der Waals surface area contributed by atoms with Gasteiger partial charge in [-0.15, -0.1) is 0 Å². The highest BCUT2D eigenvalue weighted by atomic mass is 16.5. The van der Waals surface area contributed by atoms with E-state index in [1.807, 2.05) is 98.0 Å². The van der Waals surface area contributed by atoms with Crippen LogP contribution in [0.1, 0.15) is 23.1 Å². The van der Waals surface area contributed by atoms with Gasteiger partial charge in [0.1, 0.15) is 6.10 Å². The molecule has 1 saturated heterocycles. The second-order valence-corrected chi connectivity index (χ2v) is 8.37. The average molecular weight is 446 g/mol. The summed E-state index contributed by atoms with van der Waals surface area (Å²) in [5, 5.41) is 0. The van der Waals surface area contributed by atoms with Crippen LogP contribution in [0.4, 0.5) is 0 Å². The maximum absolute atomic E-state index is 12.8. The van der Waals surface area contributed by atoms with Crippen LogP contribution < -0.4 is 0 Å². The molecule has 5 heteroatoms. The molecule has 0 bridgehead atoms. The van der Waals surface area contributed by atoms with Crippen LogP contribution >= 0.6 is 0 Å². The molecule has 0 N–H and O–H groups in total. The molecule has 3 aromatic carbocycles. The van der Waals surface area contributed by atoms with Crippen molar-refractivity contribution in [1.29, 1.82) is 0 Å². The zero-order valence-corrected chi connectivity index (χ0v) is 19.0. The number of amides is 1. The molecule has 3 aromatic rings. The molecule has 0 saturated carbocycles. The summed E-state index contributed by atoms with van der Waals surface area (Å²) < 4.78 is 18.7. The molecule has 5 nitrogen and oxygen atoms in total. The Hall–Kier alpha value is -2.99. The standard InChI is InChI=1S/C28H31NO4/c1-29-25(21-31-18-22-11-5-2-6-12-22)28(33-20-24-15-9-4-10-16-24)26(17-27(29)30)32-19-23-13-7-3-8-14-23/h2-16,25-26,28H,17-21H2,1H3/t25-,26-,28+/m1/s1. The van der Waals surface area contributed by atoms with E-state index in [2.05, 4.69) is 0 Å². The van der Waals surface area contributed by atoms with E-state index in [-0.39, 0.29) is 30.6 Å². The summed E-state index contributed by atoms with van der Waals surface area (Å²) in [7, 11) is 1.82. The maximum atomic E-state index is 12.8. The number of benzene rings is 3. The minimum absolute atomic E-state index is 0.0425. The number of ether oxygens (including phenoxy) is 3. The molecule has 0 spiro atoms. The van der Waals surface area contributed by atoms with Crippen molar-refractivity contribution in [2.75, 3.05) is 13.7 Å². The predicted octanol–water partition coefficient (Wildman–Crippen LogP) is 4.60. The van der Waals surface area contributed by atoms with Crippen molar-refractivity contribution in [1.82, 2.24) is 4.90 Å². The summed E-state index contributed by atoms with van der Waals surface area (Å²) in [6.45, 7) is 1.75. The molecule has 1 amide bonds. The molecular formula is C28H31NO4. The minimum Gasteiger partial charge on any atom is -0.375 e. The molecule has 3 atom stereocenters. The van der Waals surface area contributed by atoms with E-state index in [9.17, 15) is 4.79 Å². The molecule has 0 radical (unpaired) electrons. The van der Waals surface area contributed by atoms with E-state index in [1.165, 1.54) is 0 Å². The minimum atomic E-state index is -0.344. The Kier molecular flexibility index (Phi) is 8.25. The van der Waals surface area contributed by atoms with Crippen LogP contribution in [0.2, 0.25) is 0 Å². The molecule has 1 aliphatic rings. The normalized spacial score (nSPS) is 20.7. The molecular weight excluding hydrogens is 414 g/mol. The van der Waals surface area contributed by atoms with Crippen LogP contribution in [0, 0.1) is 0 Å². The number of carbonyl (C=O) groups is 1. The topological polar surface area (TPSA) is 48.0 Å². The van der Waals surface area contributed by atoms with Gasteiger partial charge in [0.25, 0.3) is 0 Å². The Morgan fingerprint density at radius 3 is 1.76 bits per heavy atom. The summed E-state index contributed by atoms with van der Waals surface area (Å²) in [4.78, 5) is 14.6. The van der Waals surface area contributed by atoms with Gasteiger partial charge in [0, 0.05) is 7.05 Å². The summed E-state index contributed by atoms with van der Waals surface area (Å²) in [5.74, 6) is 0.0425. The van der Waals surface area contributed by atoms with Gasteiger partial charge in [0.2, 0.25) is 5.91 Å². The quantitative estimate of drug-likeness (QED) is 0.457. The van der Waals surface area contributed by atoms with Crippen molar-refractivity contribution >= 4 is 5.91 Å².